The first kappa shape index (κ1) is 36.6. The standard InChI is InChI=1S/C27H50N2O10Si2/c1-20(2)24(31)35-11-10-23(30)37-18-40(6,7)39-41(8,9)19-38-25(32)28-17-21-14-22(16-27(3,4)15-21)29-26(33)36-13-12-34-5/h21-22H,1,10-19H2,2-9H3,(H,28,32)(H,29,33). The van der Waals surface area contributed by atoms with E-state index >= 15 is 0 Å². The summed E-state index contributed by atoms with van der Waals surface area (Å²) in [4.78, 5) is 48.0. The van der Waals surface area contributed by atoms with Gasteiger partial charge in [-0.1, -0.05) is 20.4 Å². The van der Waals surface area contributed by atoms with Crippen LogP contribution in [0.15, 0.2) is 12.2 Å². The molecular weight excluding hydrogens is 568 g/mol. The average Bonchev–Trinajstić information content (AvgIpc) is 2.83. The molecule has 1 aliphatic rings. The Kier molecular flexibility index (Phi) is 15.1. The first-order valence-electron chi connectivity index (χ1n) is 13.9. The van der Waals surface area contributed by atoms with Crippen molar-refractivity contribution in [2.45, 2.75) is 78.7 Å². The van der Waals surface area contributed by atoms with Gasteiger partial charge < -0.3 is 38.4 Å². The van der Waals surface area contributed by atoms with Crippen LogP contribution in [0.3, 0.4) is 0 Å². The molecular formula is C27H50N2O10Si2. The van der Waals surface area contributed by atoms with E-state index in [9.17, 15) is 19.2 Å². The summed E-state index contributed by atoms with van der Waals surface area (Å²) in [7, 11) is -3.29. The number of amides is 2. The second kappa shape index (κ2) is 16.9. The van der Waals surface area contributed by atoms with Gasteiger partial charge in [-0.15, -0.1) is 0 Å². The molecule has 236 valence electrons. The van der Waals surface area contributed by atoms with E-state index in [1.165, 1.54) is 6.92 Å². The molecule has 0 spiro atoms. The van der Waals surface area contributed by atoms with Gasteiger partial charge in [-0.05, 0) is 63.7 Å². The number of esters is 2. The molecule has 2 amide bonds. The quantitative estimate of drug-likeness (QED) is 0.0860. The topological polar surface area (TPSA) is 148 Å². The van der Waals surface area contributed by atoms with Crippen molar-refractivity contribution in [1.82, 2.24) is 10.6 Å². The molecule has 14 heteroatoms. The first-order valence-corrected chi connectivity index (χ1v) is 20.2. The van der Waals surface area contributed by atoms with E-state index in [4.69, 9.17) is 27.8 Å². The normalized spacial score (nSPS) is 18.5. The number of methoxy groups -OCH3 is 1. The van der Waals surface area contributed by atoms with Crippen LogP contribution < -0.4 is 10.6 Å². The molecule has 0 saturated heterocycles. The predicted octanol–water partition coefficient (Wildman–Crippen LogP) is 3.84. The number of alkyl carbamates (subject to hydrolysis) is 2. The number of hydrogen-bond acceptors (Lipinski definition) is 10. The molecule has 12 nitrogen and oxygen atoms in total. The van der Waals surface area contributed by atoms with Crippen molar-refractivity contribution in [3.05, 3.63) is 12.2 Å². The number of ether oxygens (including phenoxy) is 5. The molecule has 0 aromatic rings. The highest BCUT2D eigenvalue weighted by molar-refractivity contribution is 6.84. The van der Waals surface area contributed by atoms with Crippen molar-refractivity contribution in [3.63, 3.8) is 0 Å². The Morgan fingerprint density at radius 2 is 1.51 bits per heavy atom. The fraction of sp³-hybridized carbons (Fsp3) is 0.778. The minimum atomic E-state index is -2.42. The van der Waals surface area contributed by atoms with Gasteiger partial charge in [-0.3, -0.25) is 4.79 Å². The summed E-state index contributed by atoms with van der Waals surface area (Å²) in [5, 5.41) is 5.79. The lowest BCUT2D eigenvalue weighted by atomic mass is 9.70. The molecule has 0 aromatic carbocycles. The number of carbonyl (C=O) groups excluding carboxylic acids is 4. The van der Waals surface area contributed by atoms with Crippen molar-refractivity contribution >= 4 is 40.8 Å². The van der Waals surface area contributed by atoms with Gasteiger partial charge >= 0.3 is 24.1 Å². The zero-order valence-electron chi connectivity index (χ0n) is 26.0. The molecule has 2 N–H and O–H groups in total. The highest BCUT2D eigenvalue weighted by atomic mass is 28.4. The molecule has 0 aliphatic heterocycles. The van der Waals surface area contributed by atoms with Crippen LogP contribution >= 0.6 is 0 Å². The Hall–Kier alpha value is -2.43. The molecule has 1 rings (SSSR count). The van der Waals surface area contributed by atoms with E-state index in [0.29, 0.717) is 13.2 Å². The lowest BCUT2D eigenvalue weighted by Gasteiger charge is -2.40. The van der Waals surface area contributed by atoms with Crippen LogP contribution in [0, 0.1) is 11.3 Å². The summed E-state index contributed by atoms with van der Waals surface area (Å²) in [6.45, 7) is 17.9. The Balaban J connectivity index is 2.43. The van der Waals surface area contributed by atoms with Crippen LogP contribution in [0.5, 0.6) is 0 Å². The van der Waals surface area contributed by atoms with Gasteiger partial charge in [-0.2, -0.15) is 0 Å². The molecule has 1 aliphatic carbocycles. The third-order valence-corrected chi connectivity index (χ3v) is 12.3. The van der Waals surface area contributed by atoms with E-state index in [-0.39, 0.29) is 55.0 Å². The summed E-state index contributed by atoms with van der Waals surface area (Å²) >= 11 is 0. The Morgan fingerprint density at radius 1 is 0.878 bits per heavy atom. The summed E-state index contributed by atoms with van der Waals surface area (Å²) in [5.74, 6) is -0.861. The predicted molar refractivity (Wildman–Crippen MR) is 158 cm³/mol. The molecule has 0 aromatic heterocycles. The molecule has 0 radical (unpaired) electrons. The van der Waals surface area contributed by atoms with Gasteiger partial charge in [0.1, 0.15) is 25.7 Å². The molecule has 1 saturated carbocycles. The minimum Gasteiger partial charge on any atom is -0.466 e. The molecule has 2 atom stereocenters. The van der Waals surface area contributed by atoms with Gasteiger partial charge in [0.05, 0.1) is 13.0 Å². The maximum atomic E-state index is 12.5. The van der Waals surface area contributed by atoms with E-state index in [2.05, 4.69) is 31.1 Å². The van der Waals surface area contributed by atoms with Crippen LogP contribution in [0.4, 0.5) is 9.59 Å². The fourth-order valence-corrected chi connectivity index (χ4v) is 12.2. The van der Waals surface area contributed by atoms with E-state index in [0.717, 1.165) is 19.3 Å². The highest BCUT2D eigenvalue weighted by Crippen LogP contribution is 2.38. The molecule has 2 unspecified atom stereocenters. The Bertz CT molecular complexity index is 911. The van der Waals surface area contributed by atoms with Crippen molar-refractivity contribution < 1.29 is 47.0 Å². The number of carbonyl (C=O) groups is 4. The second-order valence-corrected chi connectivity index (χ2v) is 21.0. The number of rotatable bonds is 16. The van der Waals surface area contributed by atoms with Gasteiger partial charge in [0, 0.05) is 25.3 Å². The zero-order chi connectivity index (χ0) is 31.3. The smallest absolute Gasteiger partial charge is 0.407 e. The third-order valence-electron chi connectivity index (χ3n) is 6.21. The third kappa shape index (κ3) is 16.6. The monoisotopic (exact) mass is 618 g/mol. The zero-order valence-corrected chi connectivity index (χ0v) is 28.0. The van der Waals surface area contributed by atoms with Gasteiger partial charge in [0.25, 0.3) is 0 Å². The SMILES string of the molecule is C=C(C)C(=O)OCCC(=O)OC[Si](C)(C)O[Si](C)(C)COC(=O)NCC1CC(NC(=O)OCCOC)CC(C)(C)C1. The summed E-state index contributed by atoms with van der Waals surface area (Å²) < 4.78 is 32.1. The van der Waals surface area contributed by atoms with Gasteiger partial charge in [0.2, 0.25) is 16.6 Å². The van der Waals surface area contributed by atoms with Crippen molar-refractivity contribution in [1.29, 1.82) is 0 Å². The summed E-state index contributed by atoms with van der Waals surface area (Å²) in [5.41, 5.74) is 0.261. The van der Waals surface area contributed by atoms with Gasteiger partial charge in [-0.25, -0.2) is 14.4 Å². The lowest BCUT2D eigenvalue weighted by molar-refractivity contribution is -0.146. The maximum Gasteiger partial charge on any atom is 0.407 e. The molecule has 41 heavy (non-hydrogen) atoms. The minimum absolute atomic E-state index is 0.00350. The highest BCUT2D eigenvalue weighted by Gasteiger charge is 2.37. The molecule has 0 bridgehead atoms. The molecule has 1 fully saturated rings. The lowest BCUT2D eigenvalue weighted by Crippen LogP contribution is -2.51. The fourth-order valence-electron chi connectivity index (χ4n) is 4.79. The number of nitrogens with one attached hydrogen (secondary N) is 2. The maximum absolute atomic E-state index is 12.5. The van der Waals surface area contributed by atoms with Crippen LogP contribution in [-0.2, 0) is 37.4 Å². The molecule has 0 heterocycles. The largest absolute Gasteiger partial charge is 0.466 e. The van der Waals surface area contributed by atoms with Crippen molar-refractivity contribution in [2.75, 3.05) is 45.9 Å². The van der Waals surface area contributed by atoms with Crippen molar-refractivity contribution in [2.24, 2.45) is 11.3 Å². The van der Waals surface area contributed by atoms with Crippen LogP contribution in [0.2, 0.25) is 26.2 Å². The van der Waals surface area contributed by atoms with Crippen LogP contribution in [0.1, 0.15) is 46.5 Å². The van der Waals surface area contributed by atoms with Crippen LogP contribution in [-0.4, -0.2) is 92.7 Å². The van der Waals surface area contributed by atoms with Gasteiger partial charge in [0.15, 0.2) is 0 Å². The Morgan fingerprint density at radius 3 is 2.12 bits per heavy atom. The Labute approximate surface area is 246 Å². The van der Waals surface area contributed by atoms with E-state index in [1.807, 2.05) is 26.2 Å². The number of hydrogen-bond donors (Lipinski definition) is 2. The second-order valence-electron chi connectivity index (χ2n) is 12.5. The van der Waals surface area contributed by atoms with Crippen molar-refractivity contribution in [3.8, 4) is 0 Å². The van der Waals surface area contributed by atoms with Crippen LogP contribution in [0.25, 0.3) is 0 Å². The summed E-state index contributed by atoms with van der Waals surface area (Å²) in [6.07, 6.45) is 1.69. The summed E-state index contributed by atoms with van der Waals surface area (Å²) in [6, 6.07) is -0.0518. The van der Waals surface area contributed by atoms with E-state index in [1.54, 1.807) is 7.11 Å². The first-order chi connectivity index (χ1) is 18.9. The van der Waals surface area contributed by atoms with E-state index < -0.39 is 40.8 Å². The average molecular weight is 619 g/mol.